The van der Waals surface area contributed by atoms with E-state index in [4.69, 9.17) is 10.8 Å². The zero-order chi connectivity index (χ0) is 9.72. The molecule has 3 atom stereocenters. The minimum atomic E-state index is -0.740. The molecule has 0 aromatic carbocycles. The fourth-order valence-corrected chi connectivity index (χ4v) is 2.06. The number of nitrogens with two attached hydrogens (primary N) is 1. The lowest BCUT2D eigenvalue weighted by molar-refractivity contribution is -0.137. The number of rotatable bonds is 5. The fraction of sp³-hybridized carbons (Fsp3) is 0.875. The molecule has 72 valence electrons. The van der Waals surface area contributed by atoms with Gasteiger partial charge in [0.25, 0.3) is 0 Å². The predicted octanol–water partition coefficient (Wildman–Crippen LogP) is 1.18. The molecule has 0 heterocycles. The van der Waals surface area contributed by atoms with E-state index >= 15 is 0 Å². The van der Waals surface area contributed by atoms with Crippen molar-refractivity contribution in [1.29, 1.82) is 0 Å². The number of aliphatic carboxylic acids is 1. The molecule has 0 fully saturated rings. The smallest absolute Gasteiger partial charge is 0.316 e. The van der Waals surface area contributed by atoms with Gasteiger partial charge in [0, 0.05) is 6.04 Å². The molecular weight excluding hydrogens is 174 g/mol. The van der Waals surface area contributed by atoms with E-state index in [0.717, 1.165) is 6.42 Å². The molecule has 0 saturated carbocycles. The van der Waals surface area contributed by atoms with Gasteiger partial charge in [-0.15, -0.1) is 11.8 Å². The van der Waals surface area contributed by atoms with Crippen molar-refractivity contribution in [2.24, 2.45) is 11.7 Å². The SMILES string of the molecule is CSC(C(=O)O)[C@H](C)CC(C)N. The summed E-state index contributed by atoms with van der Waals surface area (Å²) in [6, 6.07) is 0.0778. The van der Waals surface area contributed by atoms with Crippen molar-refractivity contribution in [3.8, 4) is 0 Å². The van der Waals surface area contributed by atoms with Crippen molar-refractivity contribution < 1.29 is 9.90 Å². The Hall–Kier alpha value is -0.220. The molecule has 0 aromatic rings. The predicted molar refractivity (Wildman–Crippen MR) is 52.4 cm³/mol. The first-order chi connectivity index (χ1) is 5.49. The van der Waals surface area contributed by atoms with Gasteiger partial charge in [0.2, 0.25) is 0 Å². The molecule has 0 rings (SSSR count). The van der Waals surface area contributed by atoms with Gasteiger partial charge in [-0.05, 0) is 25.5 Å². The summed E-state index contributed by atoms with van der Waals surface area (Å²) in [6.07, 6.45) is 2.58. The second-order valence-corrected chi connectivity index (χ2v) is 4.16. The quantitative estimate of drug-likeness (QED) is 0.685. The number of carboxylic acids is 1. The third-order valence-corrected chi connectivity index (χ3v) is 2.93. The highest BCUT2D eigenvalue weighted by Crippen LogP contribution is 2.20. The van der Waals surface area contributed by atoms with Crippen molar-refractivity contribution in [2.45, 2.75) is 31.6 Å². The Bertz CT molecular complexity index is 150. The van der Waals surface area contributed by atoms with Crippen LogP contribution < -0.4 is 5.73 Å². The third kappa shape index (κ3) is 3.97. The highest BCUT2D eigenvalue weighted by Gasteiger charge is 2.23. The molecule has 3 N–H and O–H groups in total. The van der Waals surface area contributed by atoms with Crippen LogP contribution in [-0.4, -0.2) is 28.6 Å². The zero-order valence-corrected chi connectivity index (χ0v) is 8.60. The van der Waals surface area contributed by atoms with E-state index in [9.17, 15) is 4.79 Å². The normalized spacial score (nSPS) is 18.3. The van der Waals surface area contributed by atoms with Crippen LogP contribution in [0.25, 0.3) is 0 Å². The molecule has 2 unspecified atom stereocenters. The molecule has 0 amide bonds. The standard InChI is InChI=1S/C8H17NO2S/c1-5(4-6(2)9)7(12-3)8(10)11/h5-7H,4,9H2,1-3H3,(H,10,11)/t5-,6?,7?/m1/s1. The lowest BCUT2D eigenvalue weighted by atomic mass is 9.99. The van der Waals surface area contributed by atoms with Gasteiger partial charge in [-0.3, -0.25) is 4.79 Å². The fourth-order valence-electron chi connectivity index (χ4n) is 1.29. The lowest BCUT2D eigenvalue weighted by Crippen LogP contribution is -2.29. The summed E-state index contributed by atoms with van der Waals surface area (Å²) in [5.74, 6) is -0.604. The van der Waals surface area contributed by atoms with Crippen molar-refractivity contribution in [1.82, 2.24) is 0 Å². The summed E-state index contributed by atoms with van der Waals surface area (Å²) in [7, 11) is 0. The van der Waals surface area contributed by atoms with Crippen LogP contribution in [0, 0.1) is 5.92 Å². The van der Waals surface area contributed by atoms with Crippen LogP contribution in [0.15, 0.2) is 0 Å². The van der Waals surface area contributed by atoms with E-state index in [-0.39, 0.29) is 17.2 Å². The number of hydrogen-bond acceptors (Lipinski definition) is 3. The molecule has 0 bridgehead atoms. The van der Waals surface area contributed by atoms with Crippen molar-refractivity contribution >= 4 is 17.7 Å². The van der Waals surface area contributed by atoms with Crippen LogP contribution in [0.2, 0.25) is 0 Å². The molecule has 0 aliphatic heterocycles. The van der Waals surface area contributed by atoms with Gasteiger partial charge in [-0.2, -0.15) is 0 Å². The van der Waals surface area contributed by atoms with Crippen LogP contribution >= 0.6 is 11.8 Å². The van der Waals surface area contributed by atoms with Gasteiger partial charge >= 0.3 is 5.97 Å². The van der Waals surface area contributed by atoms with Gasteiger partial charge in [0.1, 0.15) is 5.25 Å². The molecule has 12 heavy (non-hydrogen) atoms. The molecule has 4 heteroatoms. The first kappa shape index (κ1) is 11.8. The van der Waals surface area contributed by atoms with Gasteiger partial charge in [-0.25, -0.2) is 0 Å². The van der Waals surface area contributed by atoms with Crippen molar-refractivity contribution in [3.63, 3.8) is 0 Å². The number of carbonyl (C=O) groups is 1. The highest BCUT2D eigenvalue weighted by molar-refractivity contribution is 7.99. The molecule has 0 aliphatic carbocycles. The Kier molecular flexibility index (Phi) is 5.33. The zero-order valence-electron chi connectivity index (χ0n) is 7.78. The highest BCUT2D eigenvalue weighted by atomic mass is 32.2. The van der Waals surface area contributed by atoms with E-state index in [1.54, 1.807) is 0 Å². The lowest BCUT2D eigenvalue weighted by Gasteiger charge is -2.19. The molecule has 0 aromatic heterocycles. The Balaban J connectivity index is 4.02. The van der Waals surface area contributed by atoms with E-state index in [1.165, 1.54) is 11.8 Å². The Morgan fingerprint density at radius 3 is 2.33 bits per heavy atom. The Labute approximate surface area is 77.7 Å². The summed E-state index contributed by atoms with van der Waals surface area (Å²) < 4.78 is 0. The minimum absolute atomic E-state index is 0.0778. The first-order valence-electron chi connectivity index (χ1n) is 4.00. The minimum Gasteiger partial charge on any atom is -0.480 e. The number of carboxylic acid groups (broad SMARTS) is 1. The van der Waals surface area contributed by atoms with Crippen molar-refractivity contribution in [3.05, 3.63) is 0 Å². The molecule has 0 aliphatic rings. The topological polar surface area (TPSA) is 63.3 Å². The van der Waals surface area contributed by atoms with E-state index in [0.29, 0.717) is 0 Å². The van der Waals surface area contributed by atoms with Gasteiger partial charge in [0.15, 0.2) is 0 Å². The van der Waals surface area contributed by atoms with E-state index in [1.807, 2.05) is 20.1 Å². The molecule has 0 radical (unpaired) electrons. The summed E-state index contributed by atoms with van der Waals surface area (Å²) in [5, 5.41) is 8.47. The Morgan fingerprint density at radius 2 is 2.08 bits per heavy atom. The summed E-state index contributed by atoms with van der Waals surface area (Å²) >= 11 is 1.37. The van der Waals surface area contributed by atoms with Crippen LogP contribution in [0.5, 0.6) is 0 Å². The van der Waals surface area contributed by atoms with Crippen LogP contribution in [0.4, 0.5) is 0 Å². The van der Waals surface area contributed by atoms with Gasteiger partial charge in [-0.1, -0.05) is 6.92 Å². The monoisotopic (exact) mass is 191 g/mol. The molecule has 3 nitrogen and oxygen atoms in total. The maximum atomic E-state index is 10.7. The average molecular weight is 191 g/mol. The van der Waals surface area contributed by atoms with E-state index in [2.05, 4.69) is 0 Å². The third-order valence-electron chi connectivity index (χ3n) is 1.76. The van der Waals surface area contributed by atoms with Gasteiger partial charge in [0.05, 0.1) is 0 Å². The summed E-state index contributed by atoms with van der Waals surface area (Å²) in [4.78, 5) is 10.7. The molecule has 0 saturated heterocycles. The average Bonchev–Trinajstić information content (AvgIpc) is 1.85. The molecule has 0 spiro atoms. The largest absolute Gasteiger partial charge is 0.480 e. The molecular formula is C8H17NO2S. The van der Waals surface area contributed by atoms with Crippen LogP contribution in [-0.2, 0) is 4.79 Å². The first-order valence-corrected chi connectivity index (χ1v) is 5.29. The Morgan fingerprint density at radius 1 is 1.58 bits per heavy atom. The van der Waals surface area contributed by atoms with Gasteiger partial charge < -0.3 is 10.8 Å². The number of hydrogen-bond donors (Lipinski definition) is 2. The summed E-state index contributed by atoms with van der Waals surface area (Å²) in [5.41, 5.74) is 5.58. The second kappa shape index (κ2) is 5.43. The maximum Gasteiger partial charge on any atom is 0.316 e. The van der Waals surface area contributed by atoms with Crippen LogP contribution in [0.3, 0.4) is 0 Å². The van der Waals surface area contributed by atoms with E-state index < -0.39 is 5.97 Å². The van der Waals surface area contributed by atoms with Crippen LogP contribution in [0.1, 0.15) is 20.3 Å². The number of thioether (sulfide) groups is 1. The summed E-state index contributed by atoms with van der Waals surface area (Å²) in [6.45, 7) is 3.83. The second-order valence-electron chi connectivity index (χ2n) is 3.18. The van der Waals surface area contributed by atoms with Crippen molar-refractivity contribution in [2.75, 3.05) is 6.26 Å². The maximum absolute atomic E-state index is 10.7.